The molecule has 0 aliphatic rings. The Labute approximate surface area is 117 Å². The van der Waals surface area contributed by atoms with Crippen LogP contribution in [0.2, 0.25) is 0 Å². The van der Waals surface area contributed by atoms with Gasteiger partial charge in [-0.1, -0.05) is 58.4 Å². The van der Waals surface area contributed by atoms with Gasteiger partial charge in [-0.3, -0.25) is 0 Å². The summed E-state index contributed by atoms with van der Waals surface area (Å²) in [6.45, 7) is 2.11. The van der Waals surface area contributed by atoms with Gasteiger partial charge in [0, 0.05) is 10.5 Å². The zero-order valence-corrected chi connectivity index (χ0v) is 12.2. The summed E-state index contributed by atoms with van der Waals surface area (Å²) in [6.07, 6.45) is 2.00. The molecule has 18 heavy (non-hydrogen) atoms. The smallest absolute Gasteiger partial charge is 0.0301 e. The van der Waals surface area contributed by atoms with Gasteiger partial charge < -0.3 is 5.73 Å². The molecule has 0 bridgehead atoms. The molecule has 2 N–H and O–H groups in total. The van der Waals surface area contributed by atoms with Gasteiger partial charge in [-0.25, -0.2) is 0 Å². The van der Waals surface area contributed by atoms with Crippen molar-refractivity contribution >= 4 is 15.9 Å². The van der Waals surface area contributed by atoms with Gasteiger partial charge in [0.05, 0.1) is 0 Å². The third-order valence-electron chi connectivity index (χ3n) is 3.30. The Kier molecular flexibility index (Phi) is 4.56. The van der Waals surface area contributed by atoms with Gasteiger partial charge >= 0.3 is 0 Å². The molecule has 0 heterocycles. The predicted molar refractivity (Wildman–Crippen MR) is 80.6 cm³/mol. The van der Waals surface area contributed by atoms with E-state index in [2.05, 4.69) is 65.3 Å². The molecular weight excluding hydrogens is 286 g/mol. The van der Waals surface area contributed by atoms with Gasteiger partial charge in [-0.2, -0.15) is 0 Å². The summed E-state index contributed by atoms with van der Waals surface area (Å²) in [7, 11) is 0. The highest BCUT2D eigenvalue weighted by Gasteiger charge is 2.10. The van der Waals surface area contributed by atoms with E-state index in [-0.39, 0.29) is 6.04 Å². The first-order valence-corrected chi connectivity index (χ1v) is 7.02. The van der Waals surface area contributed by atoms with Crippen LogP contribution in [0.25, 0.3) is 0 Å². The Morgan fingerprint density at radius 3 is 2.50 bits per heavy atom. The molecule has 1 atom stereocenters. The van der Waals surface area contributed by atoms with E-state index in [0.29, 0.717) is 0 Å². The van der Waals surface area contributed by atoms with Gasteiger partial charge in [0.25, 0.3) is 0 Å². The maximum absolute atomic E-state index is 6.29. The van der Waals surface area contributed by atoms with Crippen molar-refractivity contribution in [1.29, 1.82) is 0 Å². The molecule has 0 saturated carbocycles. The molecule has 0 saturated heterocycles. The number of halogens is 1. The summed E-state index contributed by atoms with van der Waals surface area (Å²) in [4.78, 5) is 0. The van der Waals surface area contributed by atoms with Gasteiger partial charge in [0.2, 0.25) is 0 Å². The highest BCUT2D eigenvalue weighted by atomic mass is 79.9. The minimum absolute atomic E-state index is 0.0997. The molecular formula is C16H18BrN. The maximum Gasteiger partial charge on any atom is 0.0301 e. The van der Waals surface area contributed by atoms with Crippen LogP contribution in [0.4, 0.5) is 0 Å². The van der Waals surface area contributed by atoms with Crippen LogP contribution in [-0.4, -0.2) is 0 Å². The SMILES string of the molecule is Cc1c(Br)cccc1C(N)CCc1ccccc1. The standard InChI is InChI=1S/C16H18BrN/c1-12-14(8-5-9-15(12)17)16(18)11-10-13-6-3-2-4-7-13/h2-9,16H,10-11,18H2,1H3. The Balaban J connectivity index is 2.04. The topological polar surface area (TPSA) is 26.0 Å². The molecule has 2 aromatic rings. The Hall–Kier alpha value is -1.12. The molecule has 94 valence electrons. The van der Waals surface area contributed by atoms with Crippen LogP contribution in [0.1, 0.15) is 29.2 Å². The molecule has 0 radical (unpaired) electrons. The molecule has 2 rings (SSSR count). The van der Waals surface area contributed by atoms with Gasteiger partial charge in [-0.15, -0.1) is 0 Å². The van der Waals surface area contributed by atoms with E-state index in [0.717, 1.165) is 17.3 Å². The third kappa shape index (κ3) is 3.21. The van der Waals surface area contributed by atoms with Crippen LogP contribution in [-0.2, 0) is 6.42 Å². The maximum atomic E-state index is 6.29. The summed E-state index contributed by atoms with van der Waals surface area (Å²) in [6, 6.07) is 16.8. The third-order valence-corrected chi connectivity index (χ3v) is 4.15. The molecule has 2 heteroatoms. The summed E-state index contributed by atoms with van der Waals surface area (Å²) >= 11 is 3.55. The lowest BCUT2D eigenvalue weighted by atomic mass is 9.96. The van der Waals surface area contributed by atoms with Crippen LogP contribution in [0, 0.1) is 6.92 Å². The molecule has 0 amide bonds. The highest BCUT2D eigenvalue weighted by Crippen LogP contribution is 2.25. The minimum atomic E-state index is 0.0997. The Bertz CT molecular complexity index is 508. The quantitative estimate of drug-likeness (QED) is 0.890. The van der Waals surface area contributed by atoms with Crippen molar-refractivity contribution in [3.05, 3.63) is 69.7 Å². The van der Waals surface area contributed by atoms with Crippen LogP contribution >= 0.6 is 15.9 Å². The second kappa shape index (κ2) is 6.17. The van der Waals surface area contributed by atoms with Gasteiger partial charge in [-0.05, 0) is 42.5 Å². The Morgan fingerprint density at radius 2 is 1.78 bits per heavy atom. The zero-order chi connectivity index (χ0) is 13.0. The zero-order valence-electron chi connectivity index (χ0n) is 10.6. The molecule has 2 aromatic carbocycles. The predicted octanol–water partition coefficient (Wildman–Crippen LogP) is 4.39. The average molecular weight is 304 g/mol. The molecule has 0 aliphatic heterocycles. The number of hydrogen-bond acceptors (Lipinski definition) is 1. The summed E-state index contributed by atoms with van der Waals surface area (Å²) in [5.41, 5.74) is 10.1. The first-order valence-electron chi connectivity index (χ1n) is 6.23. The van der Waals surface area contributed by atoms with E-state index >= 15 is 0 Å². The normalized spacial score (nSPS) is 12.4. The first-order chi connectivity index (χ1) is 8.68. The van der Waals surface area contributed by atoms with E-state index in [9.17, 15) is 0 Å². The van der Waals surface area contributed by atoms with Crippen molar-refractivity contribution in [3.63, 3.8) is 0 Å². The fourth-order valence-electron chi connectivity index (χ4n) is 2.15. The monoisotopic (exact) mass is 303 g/mol. The summed E-state index contributed by atoms with van der Waals surface area (Å²) in [5.74, 6) is 0. The molecule has 0 fully saturated rings. The van der Waals surface area contributed by atoms with Crippen molar-refractivity contribution in [2.45, 2.75) is 25.8 Å². The van der Waals surface area contributed by atoms with E-state index in [4.69, 9.17) is 5.73 Å². The number of hydrogen-bond donors (Lipinski definition) is 1. The lowest BCUT2D eigenvalue weighted by Gasteiger charge is -2.15. The lowest BCUT2D eigenvalue weighted by molar-refractivity contribution is 0.647. The van der Waals surface area contributed by atoms with Crippen LogP contribution in [0.3, 0.4) is 0 Å². The number of rotatable bonds is 4. The average Bonchev–Trinajstić information content (AvgIpc) is 2.40. The van der Waals surface area contributed by atoms with Crippen molar-refractivity contribution in [1.82, 2.24) is 0 Å². The summed E-state index contributed by atoms with van der Waals surface area (Å²) in [5, 5.41) is 0. The van der Waals surface area contributed by atoms with Crippen LogP contribution < -0.4 is 5.73 Å². The molecule has 0 spiro atoms. The second-order valence-electron chi connectivity index (χ2n) is 4.58. The fraction of sp³-hybridized carbons (Fsp3) is 0.250. The fourth-order valence-corrected chi connectivity index (χ4v) is 2.53. The second-order valence-corrected chi connectivity index (χ2v) is 5.44. The number of nitrogens with two attached hydrogens (primary N) is 1. The first kappa shape index (κ1) is 13.3. The summed E-state index contributed by atoms with van der Waals surface area (Å²) < 4.78 is 1.13. The molecule has 1 nitrogen and oxygen atoms in total. The lowest BCUT2D eigenvalue weighted by Crippen LogP contribution is -2.13. The van der Waals surface area contributed by atoms with E-state index in [1.807, 2.05) is 6.07 Å². The van der Waals surface area contributed by atoms with Crippen LogP contribution in [0.15, 0.2) is 53.0 Å². The Morgan fingerprint density at radius 1 is 1.06 bits per heavy atom. The largest absolute Gasteiger partial charge is 0.324 e. The van der Waals surface area contributed by atoms with Gasteiger partial charge in [0.1, 0.15) is 0 Å². The van der Waals surface area contributed by atoms with Crippen molar-refractivity contribution in [2.75, 3.05) is 0 Å². The van der Waals surface area contributed by atoms with Crippen LogP contribution in [0.5, 0.6) is 0 Å². The molecule has 0 aromatic heterocycles. The van der Waals surface area contributed by atoms with E-state index in [1.54, 1.807) is 0 Å². The van der Waals surface area contributed by atoms with Gasteiger partial charge in [0.15, 0.2) is 0 Å². The van der Waals surface area contributed by atoms with E-state index < -0.39 is 0 Å². The number of benzene rings is 2. The molecule has 1 unspecified atom stereocenters. The van der Waals surface area contributed by atoms with Crippen molar-refractivity contribution < 1.29 is 0 Å². The number of aryl methyl sites for hydroxylation is 1. The van der Waals surface area contributed by atoms with Crippen molar-refractivity contribution in [2.24, 2.45) is 5.73 Å². The van der Waals surface area contributed by atoms with E-state index in [1.165, 1.54) is 16.7 Å². The minimum Gasteiger partial charge on any atom is -0.324 e. The van der Waals surface area contributed by atoms with Crippen molar-refractivity contribution in [3.8, 4) is 0 Å². The highest BCUT2D eigenvalue weighted by molar-refractivity contribution is 9.10. The molecule has 0 aliphatic carbocycles.